The molecule has 0 bridgehead atoms. The molecule has 4 aromatic rings. The smallest absolute Gasteiger partial charge is 0.340 e. The predicted octanol–water partition coefficient (Wildman–Crippen LogP) is 4.40. The largest absolute Gasteiger partial charge is 0.454 e. The van der Waals surface area contributed by atoms with Crippen LogP contribution in [0, 0.1) is 12.7 Å². The molecule has 2 aromatic carbocycles. The molecule has 2 heterocycles. The van der Waals surface area contributed by atoms with Gasteiger partial charge in [0.05, 0.1) is 21.7 Å². The van der Waals surface area contributed by atoms with Gasteiger partial charge in [-0.15, -0.1) is 0 Å². The number of anilines is 1. The summed E-state index contributed by atoms with van der Waals surface area (Å²) in [5, 5.41) is 7.48. The molecule has 0 saturated heterocycles. The summed E-state index contributed by atoms with van der Waals surface area (Å²) >= 11 is 1.48. The molecule has 0 amide bonds. The van der Waals surface area contributed by atoms with Gasteiger partial charge in [0.1, 0.15) is 5.82 Å². The Hall–Kier alpha value is -3.57. The first kappa shape index (κ1) is 21.7. The van der Waals surface area contributed by atoms with E-state index in [0.717, 1.165) is 23.8 Å². The number of hydrogen-bond acceptors (Lipinski definition) is 8. The van der Waals surface area contributed by atoms with Crippen LogP contribution in [-0.4, -0.2) is 24.5 Å². The Morgan fingerprint density at radius 2 is 2.03 bits per heavy atom. The van der Waals surface area contributed by atoms with Crippen molar-refractivity contribution in [3.8, 4) is 11.5 Å². The SMILES string of the molecule is Cc1cc(F)ccc1S(=O)(=O)Nc1ccccc1C(=O)OCc1noc(-c2ccsc2)n1. The van der Waals surface area contributed by atoms with Crippen molar-refractivity contribution < 1.29 is 26.9 Å². The molecule has 8 nitrogen and oxygen atoms in total. The molecule has 0 saturated carbocycles. The van der Waals surface area contributed by atoms with E-state index in [1.165, 1.54) is 30.4 Å². The average molecular weight is 474 g/mol. The number of para-hydroxylation sites is 1. The zero-order valence-corrected chi connectivity index (χ0v) is 18.2. The number of halogens is 1. The fourth-order valence-corrected chi connectivity index (χ4v) is 4.83. The van der Waals surface area contributed by atoms with Crippen LogP contribution in [0.5, 0.6) is 0 Å². The second-order valence-electron chi connectivity index (χ2n) is 6.66. The summed E-state index contributed by atoms with van der Waals surface area (Å²) in [4.78, 5) is 16.7. The van der Waals surface area contributed by atoms with Gasteiger partial charge in [0.2, 0.25) is 5.82 Å². The van der Waals surface area contributed by atoms with Crippen molar-refractivity contribution in [3.05, 3.63) is 82.1 Å². The molecule has 2 aromatic heterocycles. The molecule has 0 unspecified atom stereocenters. The standard InChI is InChI=1S/C21H16FN3O5S2/c1-13-10-15(22)6-7-18(13)32(27,28)25-17-5-3-2-4-16(17)21(26)29-11-19-23-20(30-24-19)14-8-9-31-12-14/h2-10,12,25H,11H2,1H3. The summed E-state index contributed by atoms with van der Waals surface area (Å²) in [6.07, 6.45) is 0. The quantitative estimate of drug-likeness (QED) is 0.396. The second-order valence-corrected chi connectivity index (χ2v) is 9.10. The minimum Gasteiger partial charge on any atom is -0.454 e. The fraction of sp³-hybridized carbons (Fsp3) is 0.0952. The number of aryl methyl sites for hydroxylation is 1. The molecule has 11 heteroatoms. The Morgan fingerprint density at radius 1 is 1.22 bits per heavy atom. The van der Waals surface area contributed by atoms with Crippen LogP contribution in [0.25, 0.3) is 11.5 Å². The highest BCUT2D eigenvalue weighted by molar-refractivity contribution is 7.92. The van der Waals surface area contributed by atoms with Gasteiger partial charge in [-0.1, -0.05) is 17.3 Å². The van der Waals surface area contributed by atoms with Gasteiger partial charge >= 0.3 is 5.97 Å². The Balaban J connectivity index is 1.50. The first-order valence-corrected chi connectivity index (χ1v) is 11.7. The van der Waals surface area contributed by atoms with Gasteiger partial charge in [0.25, 0.3) is 15.9 Å². The lowest BCUT2D eigenvalue weighted by Gasteiger charge is -2.13. The molecule has 164 valence electrons. The topological polar surface area (TPSA) is 111 Å². The van der Waals surface area contributed by atoms with E-state index in [-0.39, 0.29) is 34.1 Å². The zero-order valence-electron chi connectivity index (χ0n) is 16.6. The summed E-state index contributed by atoms with van der Waals surface area (Å²) in [6.45, 7) is 1.22. The highest BCUT2D eigenvalue weighted by Crippen LogP contribution is 2.24. The van der Waals surface area contributed by atoms with Crippen molar-refractivity contribution in [2.75, 3.05) is 4.72 Å². The number of sulfonamides is 1. The highest BCUT2D eigenvalue weighted by Gasteiger charge is 2.22. The third kappa shape index (κ3) is 4.68. The number of benzene rings is 2. The van der Waals surface area contributed by atoms with Crippen molar-refractivity contribution >= 4 is 33.0 Å². The lowest BCUT2D eigenvalue weighted by molar-refractivity contribution is 0.0461. The third-order valence-corrected chi connectivity index (χ3v) is 6.60. The minimum atomic E-state index is -4.07. The van der Waals surface area contributed by atoms with Crippen LogP contribution in [-0.2, 0) is 21.4 Å². The number of thiophene rings is 1. The number of hydrogen-bond donors (Lipinski definition) is 1. The number of carbonyl (C=O) groups is 1. The van der Waals surface area contributed by atoms with E-state index in [9.17, 15) is 17.6 Å². The molecular formula is C21H16FN3O5S2. The maximum absolute atomic E-state index is 13.3. The Labute approximate surface area is 186 Å². The number of rotatable bonds is 7. The summed E-state index contributed by atoms with van der Waals surface area (Å²) in [5.41, 5.74) is 1.01. The highest BCUT2D eigenvalue weighted by atomic mass is 32.2. The van der Waals surface area contributed by atoms with Crippen molar-refractivity contribution in [1.29, 1.82) is 0 Å². The molecule has 0 aliphatic heterocycles. The van der Waals surface area contributed by atoms with Crippen LogP contribution in [0.3, 0.4) is 0 Å². The Bertz CT molecular complexity index is 1370. The summed E-state index contributed by atoms with van der Waals surface area (Å²) in [7, 11) is -4.07. The predicted molar refractivity (Wildman–Crippen MR) is 115 cm³/mol. The van der Waals surface area contributed by atoms with Crippen LogP contribution < -0.4 is 4.72 Å². The van der Waals surface area contributed by atoms with E-state index < -0.39 is 21.8 Å². The Kier molecular flexibility index (Phi) is 6.01. The molecule has 4 rings (SSSR count). The van der Waals surface area contributed by atoms with Crippen molar-refractivity contribution in [2.45, 2.75) is 18.4 Å². The molecule has 0 fully saturated rings. The second kappa shape index (κ2) is 8.89. The van der Waals surface area contributed by atoms with Gasteiger partial charge < -0.3 is 9.26 Å². The van der Waals surface area contributed by atoms with E-state index in [0.29, 0.717) is 5.89 Å². The van der Waals surface area contributed by atoms with E-state index in [4.69, 9.17) is 9.26 Å². The molecule has 0 spiro atoms. The molecule has 0 aliphatic rings. The molecule has 0 aliphatic carbocycles. The van der Waals surface area contributed by atoms with Crippen molar-refractivity contribution in [2.24, 2.45) is 0 Å². The molecular weight excluding hydrogens is 457 g/mol. The molecule has 0 atom stereocenters. The van der Waals surface area contributed by atoms with Crippen molar-refractivity contribution in [1.82, 2.24) is 10.1 Å². The lowest BCUT2D eigenvalue weighted by atomic mass is 10.2. The van der Waals surface area contributed by atoms with Gasteiger partial charge in [-0.05, 0) is 54.3 Å². The summed E-state index contributed by atoms with van der Waals surface area (Å²) in [5.74, 6) is -0.852. The van der Waals surface area contributed by atoms with Gasteiger partial charge in [0.15, 0.2) is 6.61 Å². The number of ether oxygens (including phenoxy) is 1. The van der Waals surface area contributed by atoms with Gasteiger partial charge in [0, 0.05) is 5.38 Å². The third-order valence-electron chi connectivity index (χ3n) is 4.39. The van der Waals surface area contributed by atoms with E-state index in [2.05, 4.69) is 14.9 Å². The fourth-order valence-electron chi connectivity index (χ4n) is 2.89. The summed E-state index contributed by atoms with van der Waals surface area (Å²) in [6, 6.07) is 11.1. The number of nitrogens with zero attached hydrogens (tertiary/aromatic N) is 2. The van der Waals surface area contributed by atoms with Crippen LogP contribution in [0.1, 0.15) is 21.7 Å². The van der Waals surface area contributed by atoms with Crippen LogP contribution in [0.15, 0.2) is 68.7 Å². The van der Waals surface area contributed by atoms with Crippen LogP contribution in [0.4, 0.5) is 10.1 Å². The van der Waals surface area contributed by atoms with Crippen LogP contribution in [0.2, 0.25) is 0 Å². The van der Waals surface area contributed by atoms with E-state index >= 15 is 0 Å². The number of esters is 1. The van der Waals surface area contributed by atoms with Crippen molar-refractivity contribution in [3.63, 3.8) is 0 Å². The molecule has 32 heavy (non-hydrogen) atoms. The van der Waals surface area contributed by atoms with E-state index in [1.807, 2.05) is 16.8 Å². The van der Waals surface area contributed by atoms with E-state index in [1.54, 1.807) is 12.1 Å². The lowest BCUT2D eigenvalue weighted by Crippen LogP contribution is -2.17. The normalized spacial score (nSPS) is 11.3. The maximum atomic E-state index is 13.3. The number of carbonyl (C=O) groups excluding carboxylic acids is 1. The monoisotopic (exact) mass is 473 g/mol. The molecule has 1 N–H and O–H groups in total. The number of aromatic nitrogens is 2. The molecule has 0 radical (unpaired) electrons. The number of nitrogens with one attached hydrogen (secondary N) is 1. The minimum absolute atomic E-state index is 0.00241. The first-order chi connectivity index (χ1) is 15.3. The van der Waals surface area contributed by atoms with Gasteiger partial charge in [-0.2, -0.15) is 16.3 Å². The Morgan fingerprint density at radius 3 is 2.78 bits per heavy atom. The zero-order chi connectivity index (χ0) is 22.7. The first-order valence-electron chi connectivity index (χ1n) is 9.24. The van der Waals surface area contributed by atoms with Gasteiger partial charge in [-0.25, -0.2) is 17.6 Å². The average Bonchev–Trinajstić information content (AvgIpc) is 3.43. The van der Waals surface area contributed by atoms with Gasteiger partial charge in [-0.3, -0.25) is 4.72 Å². The summed E-state index contributed by atoms with van der Waals surface area (Å²) < 4.78 is 51.7. The maximum Gasteiger partial charge on any atom is 0.340 e. The van der Waals surface area contributed by atoms with Crippen LogP contribution >= 0.6 is 11.3 Å².